The third-order valence-electron chi connectivity index (χ3n) is 5.79. The number of nitrogens with one attached hydrogen (secondary N) is 2. The number of amides is 2. The molecule has 2 amide bonds. The number of anilines is 1. The molecule has 1 aromatic heterocycles. The third kappa shape index (κ3) is 7.51. The van der Waals surface area contributed by atoms with Gasteiger partial charge in [-0.1, -0.05) is 6.07 Å². The summed E-state index contributed by atoms with van der Waals surface area (Å²) in [7, 11) is 0. The van der Waals surface area contributed by atoms with Crippen LogP contribution in [-0.4, -0.2) is 86.0 Å². The molecule has 2 unspecified atom stereocenters. The SMILES string of the molecule is C[C@@H](COCCC(=O)N1CCN(c2ccc(CC#N)cn2)CC1)OC1CNNC(=O)C1C(F)(F)F. The lowest BCUT2D eigenvalue weighted by Crippen LogP contribution is -2.60. The van der Waals surface area contributed by atoms with Crippen molar-refractivity contribution in [2.75, 3.05) is 50.8 Å². The molecule has 192 valence electrons. The van der Waals surface area contributed by atoms with Crippen molar-refractivity contribution in [1.29, 1.82) is 5.26 Å². The molecule has 3 rings (SSSR count). The van der Waals surface area contributed by atoms with Crippen LogP contribution in [-0.2, 0) is 25.5 Å². The fourth-order valence-electron chi connectivity index (χ4n) is 3.98. The Bertz CT molecular complexity index is 900. The minimum atomic E-state index is -4.72. The van der Waals surface area contributed by atoms with Crippen LogP contribution < -0.4 is 15.8 Å². The molecule has 2 fully saturated rings. The number of pyridine rings is 1. The van der Waals surface area contributed by atoms with Crippen LogP contribution in [0.1, 0.15) is 18.9 Å². The number of hydrogen-bond acceptors (Lipinski definition) is 8. The molecule has 2 saturated heterocycles. The van der Waals surface area contributed by atoms with Crippen molar-refractivity contribution in [2.24, 2.45) is 5.92 Å². The third-order valence-corrected chi connectivity index (χ3v) is 5.79. The smallest absolute Gasteiger partial charge is 0.378 e. The van der Waals surface area contributed by atoms with Gasteiger partial charge in [-0.15, -0.1) is 0 Å². The second-order valence-electron chi connectivity index (χ2n) is 8.43. The predicted octanol–water partition coefficient (Wildman–Crippen LogP) is 0.790. The number of carbonyl (C=O) groups excluding carboxylic acids is 2. The van der Waals surface area contributed by atoms with Crippen LogP contribution in [0.5, 0.6) is 0 Å². The van der Waals surface area contributed by atoms with Crippen LogP contribution in [0.15, 0.2) is 18.3 Å². The van der Waals surface area contributed by atoms with Crippen LogP contribution in [0.4, 0.5) is 19.0 Å². The van der Waals surface area contributed by atoms with Gasteiger partial charge in [0.05, 0.1) is 44.3 Å². The molecule has 0 aliphatic carbocycles. The fraction of sp³-hybridized carbons (Fsp3) is 0.636. The number of piperazine rings is 1. The van der Waals surface area contributed by atoms with E-state index in [1.54, 1.807) is 18.0 Å². The summed E-state index contributed by atoms with van der Waals surface area (Å²) in [5.74, 6) is -2.70. The molecule has 2 aliphatic heterocycles. The summed E-state index contributed by atoms with van der Waals surface area (Å²) in [6.45, 7) is 3.83. The van der Waals surface area contributed by atoms with Crippen LogP contribution in [0.2, 0.25) is 0 Å². The molecule has 13 heteroatoms. The van der Waals surface area contributed by atoms with E-state index in [1.807, 2.05) is 17.6 Å². The van der Waals surface area contributed by atoms with E-state index < -0.39 is 30.2 Å². The highest BCUT2D eigenvalue weighted by Gasteiger charge is 2.52. The van der Waals surface area contributed by atoms with Crippen LogP contribution in [0.25, 0.3) is 0 Å². The van der Waals surface area contributed by atoms with Crippen molar-refractivity contribution in [3.8, 4) is 6.07 Å². The van der Waals surface area contributed by atoms with E-state index in [1.165, 1.54) is 0 Å². The molecule has 0 radical (unpaired) electrons. The van der Waals surface area contributed by atoms with E-state index in [0.29, 0.717) is 32.6 Å². The van der Waals surface area contributed by atoms with Crippen molar-refractivity contribution < 1.29 is 32.2 Å². The van der Waals surface area contributed by atoms with Gasteiger partial charge in [0.15, 0.2) is 5.92 Å². The van der Waals surface area contributed by atoms with Gasteiger partial charge in [0, 0.05) is 38.9 Å². The van der Waals surface area contributed by atoms with E-state index in [9.17, 15) is 22.8 Å². The van der Waals surface area contributed by atoms with Gasteiger partial charge in [0.2, 0.25) is 11.8 Å². The lowest BCUT2D eigenvalue weighted by molar-refractivity contribution is -0.219. The largest absolute Gasteiger partial charge is 0.403 e. The first-order chi connectivity index (χ1) is 16.7. The van der Waals surface area contributed by atoms with E-state index in [4.69, 9.17) is 14.7 Å². The molecule has 0 saturated carbocycles. The number of rotatable bonds is 9. The number of carbonyl (C=O) groups is 2. The second-order valence-corrected chi connectivity index (χ2v) is 8.43. The molecule has 0 bridgehead atoms. The summed E-state index contributed by atoms with van der Waals surface area (Å²) in [5, 5.41) is 8.74. The first-order valence-electron chi connectivity index (χ1n) is 11.4. The number of aromatic nitrogens is 1. The highest BCUT2D eigenvalue weighted by molar-refractivity contribution is 5.80. The molecule has 0 aromatic carbocycles. The first kappa shape index (κ1) is 26.7. The van der Waals surface area contributed by atoms with Gasteiger partial charge in [-0.2, -0.15) is 18.4 Å². The molecule has 3 heterocycles. The Morgan fingerprint density at radius 2 is 2.06 bits per heavy atom. The Balaban J connectivity index is 1.35. The number of hydrogen-bond donors (Lipinski definition) is 2. The summed E-state index contributed by atoms with van der Waals surface area (Å²) in [5.41, 5.74) is 5.23. The van der Waals surface area contributed by atoms with E-state index >= 15 is 0 Å². The van der Waals surface area contributed by atoms with Crippen molar-refractivity contribution in [2.45, 2.75) is 38.1 Å². The minimum absolute atomic E-state index is 0.00276. The van der Waals surface area contributed by atoms with Gasteiger partial charge in [0.1, 0.15) is 5.82 Å². The topological polar surface area (TPSA) is 120 Å². The zero-order chi connectivity index (χ0) is 25.4. The predicted molar refractivity (Wildman–Crippen MR) is 118 cm³/mol. The maximum Gasteiger partial charge on any atom is 0.403 e. The number of nitrogens with zero attached hydrogens (tertiary/aromatic N) is 4. The number of alkyl halides is 3. The van der Waals surface area contributed by atoms with E-state index in [0.717, 1.165) is 11.4 Å². The number of nitriles is 1. The summed E-state index contributed by atoms with van der Waals surface area (Å²) in [6, 6.07) is 5.82. The van der Waals surface area contributed by atoms with Crippen LogP contribution in [0.3, 0.4) is 0 Å². The molecule has 35 heavy (non-hydrogen) atoms. The number of ether oxygens (including phenoxy) is 2. The standard InChI is InChI=1S/C22H29F3N6O4/c1-15(35-17-13-28-29-21(33)20(17)22(23,24)25)14-34-11-5-19(32)31-9-7-30(8-10-31)18-3-2-16(4-6-26)12-27-18/h2-3,12,15,17,20,28H,4-5,7-11,13-14H2,1H3,(H,29,33)/t15-,17?,20?/m0/s1. The van der Waals surface area contributed by atoms with E-state index in [-0.39, 0.29) is 32.1 Å². The zero-order valence-electron chi connectivity index (χ0n) is 19.4. The highest BCUT2D eigenvalue weighted by Crippen LogP contribution is 2.32. The first-order valence-corrected chi connectivity index (χ1v) is 11.4. The van der Waals surface area contributed by atoms with Gasteiger partial charge >= 0.3 is 6.18 Å². The van der Waals surface area contributed by atoms with Gasteiger partial charge in [-0.05, 0) is 18.6 Å². The van der Waals surface area contributed by atoms with Gasteiger partial charge in [0.25, 0.3) is 0 Å². The Labute approximate surface area is 201 Å². The average molecular weight is 499 g/mol. The molecule has 1 aromatic rings. The van der Waals surface area contributed by atoms with E-state index in [2.05, 4.69) is 21.4 Å². The molecule has 3 atom stereocenters. The average Bonchev–Trinajstić information content (AvgIpc) is 2.82. The number of halogens is 3. The lowest BCUT2D eigenvalue weighted by Gasteiger charge is -2.35. The van der Waals surface area contributed by atoms with Gasteiger partial charge < -0.3 is 19.3 Å². The van der Waals surface area contributed by atoms with Crippen molar-refractivity contribution in [3.63, 3.8) is 0 Å². The fourth-order valence-corrected chi connectivity index (χ4v) is 3.98. The normalized spacial score (nSPS) is 21.9. The monoisotopic (exact) mass is 498 g/mol. The second kappa shape index (κ2) is 12.1. The maximum absolute atomic E-state index is 13.2. The Kier molecular flexibility index (Phi) is 9.25. The lowest BCUT2D eigenvalue weighted by atomic mass is 9.99. The Morgan fingerprint density at radius 1 is 1.31 bits per heavy atom. The number of hydrazine groups is 1. The minimum Gasteiger partial charge on any atom is -0.378 e. The highest BCUT2D eigenvalue weighted by atomic mass is 19.4. The summed E-state index contributed by atoms with van der Waals surface area (Å²) in [6.07, 6.45) is -4.63. The molecule has 0 spiro atoms. The van der Waals surface area contributed by atoms with Crippen LogP contribution >= 0.6 is 0 Å². The Morgan fingerprint density at radius 3 is 2.69 bits per heavy atom. The molecular formula is C22H29F3N6O4. The van der Waals surface area contributed by atoms with Gasteiger partial charge in [-0.3, -0.25) is 15.0 Å². The van der Waals surface area contributed by atoms with Crippen molar-refractivity contribution in [1.82, 2.24) is 20.7 Å². The summed E-state index contributed by atoms with van der Waals surface area (Å²) in [4.78, 5) is 32.3. The summed E-state index contributed by atoms with van der Waals surface area (Å²) < 4.78 is 50.4. The zero-order valence-corrected chi connectivity index (χ0v) is 19.4. The quantitative estimate of drug-likeness (QED) is 0.480. The van der Waals surface area contributed by atoms with Crippen molar-refractivity contribution >= 4 is 17.6 Å². The van der Waals surface area contributed by atoms with Crippen LogP contribution in [0, 0.1) is 17.2 Å². The Hall–Kier alpha value is -2.95. The maximum atomic E-state index is 13.2. The molecule has 2 aliphatic rings. The molecular weight excluding hydrogens is 469 g/mol. The molecule has 10 nitrogen and oxygen atoms in total. The molecule has 2 N–H and O–H groups in total. The van der Waals surface area contributed by atoms with Gasteiger partial charge in [-0.25, -0.2) is 10.4 Å². The van der Waals surface area contributed by atoms with Crippen molar-refractivity contribution in [3.05, 3.63) is 23.9 Å². The summed E-state index contributed by atoms with van der Waals surface area (Å²) >= 11 is 0.